The molecule has 1 saturated heterocycles. The van der Waals surface area contributed by atoms with Crippen LogP contribution in [0.1, 0.15) is 6.42 Å². The Kier molecular flexibility index (Phi) is 3.88. The van der Waals surface area contributed by atoms with Gasteiger partial charge in [-0.25, -0.2) is 14.6 Å². The van der Waals surface area contributed by atoms with E-state index in [-0.39, 0.29) is 10.3 Å². The van der Waals surface area contributed by atoms with Crippen molar-refractivity contribution in [3.8, 4) is 0 Å². The number of amides is 2. The third-order valence-electron chi connectivity index (χ3n) is 2.26. The fourth-order valence-corrected chi connectivity index (χ4v) is 1.95. The van der Waals surface area contributed by atoms with Gasteiger partial charge in [-0.3, -0.25) is 0 Å². The minimum absolute atomic E-state index is 0.165. The van der Waals surface area contributed by atoms with Gasteiger partial charge in [-0.1, -0.05) is 23.2 Å². The maximum absolute atomic E-state index is 11.6. The first-order valence-corrected chi connectivity index (χ1v) is 5.87. The number of carbonyl (C=O) groups is 2. The van der Waals surface area contributed by atoms with Crippen molar-refractivity contribution in [2.45, 2.75) is 12.5 Å². The first kappa shape index (κ1) is 12.9. The van der Waals surface area contributed by atoms with E-state index in [2.05, 4.69) is 15.6 Å². The van der Waals surface area contributed by atoms with Gasteiger partial charge < -0.3 is 15.4 Å². The number of urea groups is 1. The Balaban J connectivity index is 1.96. The molecule has 0 saturated carbocycles. The molecule has 8 heteroatoms. The van der Waals surface area contributed by atoms with Crippen molar-refractivity contribution in [1.82, 2.24) is 10.3 Å². The van der Waals surface area contributed by atoms with Gasteiger partial charge in [-0.05, 0) is 12.1 Å². The van der Waals surface area contributed by atoms with Gasteiger partial charge >= 0.3 is 12.0 Å². The number of nitrogens with one attached hydrogen (secondary N) is 2. The Labute approximate surface area is 113 Å². The number of ether oxygens (including phenoxy) is 1. The third kappa shape index (κ3) is 3.24. The van der Waals surface area contributed by atoms with Crippen LogP contribution in [-0.2, 0) is 9.53 Å². The number of pyridine rings is 1. The van der Waals surface area contributed by atoms with Crippen molar-refractivity contribution in [2.24, 2.45) is 0 Å². The molecule has 2 heterocycles. The second kappa shape index (κ2) is 5.41. The third-order valence-corrected chi connectivity index (χ3v) is 2.65. The molecule has 0 bridgehead atoms. The summed E-state index contributed by atoms with van der Waals surface area (Å²) in [6, 6.07) is 1.75. The maximum Gasteiger partial charge on any atom is 0.328 e. The molecule has 1 fully saturated rings. The number of aromatic nitrogens is 1. The molecule has 2 N–H and O–H groups in total. The fourth-order valence-electron chi connectivity index (χ4n) is 1.49. The number of hydrogen-bond donors (Lipinski definition) is 2. The Morgan fingerprint density at radius 2 is 2.06 bits per heavy atom. The molecule has 1 aromatic heterocycles. The monoisotopic (exact) mass is 289 g/mol. The lowest BCUT2D eigenvalue weighted by molar-refractivity contribution is -0.139. The van der Waals surface area contributed by atoms with Crippen molar-refractivity contribution in [3.05, 3.63) is 22.4 Å². The van der Waals surface area contributed by atoms with Crippen molar-refractivity contribution < 1.29 is 14.3 Å². The predicted molar refractivity (Wildman–Crippen MR) is 65.8 cm³/mol. The van der Waals surface area contributed by atoms with Gasteiger partial charge in [0.25, 0.3) is 0 Å². The number of hydrogen-bond acceptors (Lipinski definition) is 4. The van der Waals surface area contributed by atoms with Gasteiger partial charge in [-0.2, -0.15) is 0 Å². The molecule has 18 heavy (non-hydrogen) atoms. The van der Waals surface area contributed by atoms with E-state index in [1.807, 2.05) is 0 Å². The fraction of sp³-hybridized carbons (Fsp3) is 0.300. The molecule has 6 nitrogen and oxygen atoms in total. The van der Waals surface area contributed by atoms with Crippen molar-refractivity contribution in [2.75, 3.05) is 11.9 Å². The first-order chi connectivity index (χ1) is 8.54. The number of rotatable bonds is 2. The van der Waals surface area contributed by atoms with E-state index in [1.165, 1.54) is 12.1 Å². The predicted octanol–water partition coefficient (Wildman–Crippen LogP) is 1.83. The summed E-state index contributed by atoms with van der Waals surface area (Å²) in [5, 5.41) is 5.32. The van der Waals surface area contributed by atoms with Crippen LogP contribution in [0.15, 0.2) is 12.1 Å². The standard InChI is InChI=1S/C10H9Cl2N3O3/c11-7-3-5(4-8(12)15-7)13-10(17)14-6-1-2-18-9(6)16/h3-4,6H,1-2H2,(H2,13,14,15,17). The molecule has 0 aromatic carbocycles. The van der Waals surface area contributed by atoms with Crippen LogP contribution in [0.4, 0.5) is 10.5 Å². The molecule has 0 aliphatic carbocycles. The summed E-state index contributed by atoms with van der Waals surface area (Å²) in [4.78, 5) is 26.5. The van der Waals surface area contributed by atoms with E-state index >= 15 is 0 Å². The topological polar surface area (TPSA) is 80.3 Å². The van der Waals surface area contributed by atoms with Gasteiger partial charge in [0.05, 0.1) is 6.61 Å². The average molecular weight is 290 g/mol. The number of carbonyl (C=O) groups excluding carboxylic acids is 2. The van der Waals surface area contributed by atoms with Gasteiger partial charge in [0.15, 0.2) is 0 Å². The molecule has 96 valence electrons. The van der Waals surface area contributed by atoms with Crippen LogP contribution in [0.5, 0.6) is 0 Å². The van der Waals surface area contributed by atoms with Crippen LogP contribution in [0.3, 0.4) is 0 Å². The summed E-state index contributed by atoms with van der Waals surface area (Å²) in [7, 11) is 0. The molecule has 1 aromatic rings. The van der Waals surface area contributed by atoms with E-state index in [9.17, 15) is 9.59 Å². The number of anilines is 1. The van der Waals surface area contributed by atoms with Crippen LogP contribution in [-0.4, -0.2) is 29.6 Å². The largest absolute Gasteiger partial charge is 0.464 e. The molecular weight excluding hydrogens is 281 g/mol. The summed E-state index contributed by atoms with van der Waals surface area (Å²) in [6.07, 6.45) is 0.462. The van der Waals surface area contributed by atoms with E-state index in [0.29, 0.717) is 18.7 Å². The van der Waals surface area contributed by atoms with Crippen LogP contribution >= 0.6 is 23.2 Å². The summed E-state index contributed by atoms with van der Waals surface area (Å²) in [5.41, 5.74) is 0.392. The zero-order chi connectivity index (χ0) is 13.1. The highest BCUT2D eigenvalue weighted by molar-refractivity contribution is 6.32. The zero-order valence-corrected chi connectivity index (χ0v) is 10.6. The molecular formula is C10H9Cl2N3O3. The zero-order valence-electron chi connectivity index (χ0n) is 9.07. The van der Waals surface area contributed by atoms with E-state index in [4.69, 9.17) is 27.9 Å². The summed E-state index contributed by atoms with van der Waals surface area (Å²) < 4.78 is 4.72. The number of cyclic esters (lactones) is 1. The first-order valence-electron chi connectivity index (χ1n) is 5.12. The Morgan fingerprint density at radius 1 is 1.39 bits per heavy atom. The maximum atomic E-state index is 11.6. The molecule has 1 aliphatic rings. The van der Waals surface area contributed by atoms with Crippen LogP contribution < -0.4 is 10.6 Å². The quantitative estimate of drug-likeness (QED) is 0.643. The Bertz CT molecular complexity index is 475. The van der Waals surface area contributed by atoms with Crippen LogP contribution in [0.25, 0.3) is 0 Å². The Hall–Kier alpha value is -1.53. The molecule has 0 spiro atoms. The lowest BCUT2D eigenvalue weighted by Crippen LogP contribution is -2.40. The number of esters is 1. The van der Waals surface area contributed by atoms with Crippen molar-refractivity contribution in [3.63, 3.8) is 0 Å². The van der Waals surface area contributed by atoms with Gasteiger partial charge in [-0.15, -0.1) is 0 Å². The lowest BCUT2D eigenvalue weighted by atomic mass is 10.2. The molecule has 2 amide bonds. The average Bonchev–Trinajstić information content (AvgIpc) is 2.62. The number of halogens is 2. The van der Waals surface area contributed by atoms with Crippen molar-refractivity contribution >= 4 is 40.9 Å². The highest BCUT2D eigenvalue weighted by Crippen LogP contribution is 2.18. The Morgan fingerprint density at radius 3 is 2.61 bits per heavy atom. The number of nitrogens with zero attached hydrogens (tertiary/aromatic N) is 1. The van der Waals surface area contributed by atoms with Crippen LogP contribution in [0.2, 0.25) is 10.3 Å². The highest BCUT2D eigenvalue weighted by Gasteiger charge is 2.27. The van der Waals surface area contributed by atoms with Gasteiger partial charge in [0, 0.05) is 12.1 Å². The molecule has 1 aliphatic heterocycles. The normalized spacial score (nSPS) is 18.3. The molecule has 0 radical (unpaired) electrons. The van der Waals surface area contributed by atoms with Gasteiger partial charge in [0.1, 0.15) is 16.3 Å². The van der Waals surface area contributed by atoms with E-state index < -0.39 is 18.0 Å². The molecule has 1 atom stereocenters. The van der Waals surface area contributed by atoms with E-state index in [0.717, 1.165) is 0 Å². The van der Waals surface area contributed by atoms with Crippen molar-refractivity contribution in [1.29, 1.82) is 0 Å². The second-order valence-corrected chi connectivity index (χ2v) is 4.38. The summed E-state index contributed by atoms with van der Waals surface area (Å²) in [6.45, 7) is 0.316. The minimum atomic E-state index is -0.613. The lowest BCUT2D eigenvalue weighted by Gasteiger charge is -2.10. The SMILES string of the molecule is O=C(Nc1cc(Cl)nc(Cl)c1)NC1CCOC1=O. The van der Waals surface area contributed by atoms with Crippen LogP contribution in [0, 0.1) is 0 Å². The summed E-state index contributed by atoms with van der Waals surface area (Å²) in [5.74, 6) is -0.434. The summed E-state index contributed by atoms with van der Waals surface area (Å²) >= 11 is 11.4. The second-order valence-electron chi connectivity index (χ2n) is 3.61. The highest BCUT2D eigenvalue weighted by atomic mass is 35.5. The minimum Gasteiger partial charge on any atom is -0.464 e. The smallest absolute Gasteiger partial charge is 0.328 e. The molecule has 1 unspecified atom stereocenters. The van der Waals surface area contributed by atoms with E-state index in [1.54, 1.807) is 0 Å². The van der Waals surface area contributed by atoms with Gasteiger partial charge in [0.2, 0.25) is 0 Å². The molecule has 2 rings (SSSR count).